The smallest absolute Gasteiger partial charge is 0.253 e. The van der Waals surface area contributed by atoms with Crippen LogP contribution in [0.1, 0.15) is 86.3 Å². The van der Waals surface area contributed by atoms with Crippen molar-refractivity contribution >= 4 is 130 Å². The number of para-hydroxylation sites is 3. The van der Waals surface area contributed by atoms with Gasteiger partial charge in [0.2, 0.25) is 23.6 Å². The molecule has 2 fully saturated rings. The Labute approximate surface area is 685 Å². The molecule has 0 bridgehead atoms. The number of primary amides is 1. The molecule has 0 atom stereocenters. The molecule has 114 heavy (non-hydrogen) atoms. The van der Waals surface area contributed by atoms with E-state index in [0.29, 0.717) is 115 Å². The number of nitrogens with one attached hydrogen (secondary N) is 3. The van der Waals surface area contributed by atoms with Gasteiger partial charge >= 0.3 is 0 Å². The van der Waals surface area contributed by atoms with Crippen LogP contribution in [0.3, 0.4) is 0 Å². The number of benzene rings is 6. The zero-order valence-electron chi connectivity index (χ0n) is 60.7. The molecular formula is C85H70BrCl5N14O9. The van der Waals surface area contributed by atoms with Crippen LogP contribution in [-0.4, -0.2) is 87.5 Å². The molecule has 0 saturated carbocycles. The van der Waals surface area contributed by atoms with Gasteiger partial charge in [0.15, 0.2) is 16.3 Å². The monoisotopic (exact) mass is 1680 g/mol. The number of pyridine rings is 6. The number of aromatic nitrogens is 9. The van der Waals surface area contributed by atoms with Gasteiger partial charge in [0.05, 0.1) is 51.8 Å². The van der Waals surface area contributed by atoms with E-state index in [1.54, 1.807) is 79.1 Å². The summed E-state index contributed by atoms with van der Waals surface area (Å²) in [5.74, 6) is 0.532. The van der Waals surface area contributed by atoms with Crippen LogP contribution < -0.4 is 42.9 Å². The number of alkyl halides is 1. The van der Waals surface area contributed by atoms with Crippen LogP contribution in [-0.2, 0) is 18.4 Å². The Morgan fingerprint density at radius 2 is 0.798 bits per heavy atom. The Hall–Kier alpha value is -11.9. The fourth-order valence-electron chi connectivity index (χ4n) is 13.1. The second-order valence-electron chi connectivity index (χ2n) is 25.8. The van der Waals surface area contributed by atoms with Crippen LogP contribution >= 0.6 is 73.9 Å². The number of hydrogen-bond acceptors (Lipinski definition) is 17. The van der Waals surface area contributed by atoms with Crippen molar-refractivity contribution in [1.29, 1.82) is 0 Å². The normalized spacial score (nSPS) is 12.4. The summed E-state index contributed by atoms with van der Waals surface area (Å²) in [6.07, 6.45) is 21.0. The van der Waals surface area contributed by atoms with Gasteiger partial charge in [-0.1, -0.05) is 135 Å². The molecule has 2 aliphatic rings. The largest absolute Gasteiger partial charge is 0.443 e. The van der Waals surface area contributed by atoms with Crippen molar-refractivity contribution in [3.63, 3.8) is 0 Å². The fraction of sp³-hybridized carbons (Fsp3) is 0.153. The molecule has 0 radical (unpaired) electrons. The zero-order chi connectivity index (χ0) is 79.6. The maximum atomic E-state index is 13.8. The number of nitrogens with zero attached hydrogens (tertiary/aromatic N) is 10. The Morgan fingerprint density at radius 1 is 0.430 bits per heavy atom. The second kappa shape index (κ2) is 38.1. The third-order valence-electron chi connectivity index (χ3n) is 18.5. The number of carbonyl (C=O) groups is 3. The van der Waals surface area contributed by atoms with E-state index in [4.69, 9.17) is 77.0 Å². The highest BCUT2D eigenvalue weighted by molar-refractivity contribution is 9.08. The van der Waals surface area contributed by atoms with Crippen molar-refractivity contribution in [2.45, 2.75) is 56.9 Å². The van der Waals surface area contributed by atoms with Crippen LogP contribution in [0.5, 0.6) is 0 Å². The molecule has 5 N–H and O–H groups in total. The van der Waals surface area contributed by atoms with Gasteiger partial charge in [-0.2, -0.15) is 0 Å². The summed E-state index contributed by atoms with van der Waals surface area (Å²) < 4.78 is 22.6. The molecule has 3 amide bonds. The zero-order valence-corrected chi connectivity index (χ0v) is 66.1. The third-order valence-corrected chi connectivity index (χ3v) is 20.2. The number of halogens is 6. The van der Waals surface area contributed by atoms with E-state index in [1.807, 2.05) is 111 Å². The van der Waals surface area contributed by atoms with Gasteiger partial charge < -0.3 is 53.5 Å². The Balaban J connectivity index is 0.000000138. The highest BCUT2D eigenvalue weighted by Crippen LogP contribution is 2.35. The van der Waals surface area contributed by atoms with Crippen LogP contribution in [0.4, 0.5) is 5.82 Å². The minimum absolute atomic E-state index is 0.0331. The summed E-state index contributed by atoms with van der Waals surface area (Å²) in [5.41, 5.74) is 12.6. The lowest BCUT2D eigenvalue weighted by atomic mass is 10.1. The third kappa shape index (κ3) is 18.9. The maximum absolute atomic E-state index is 13.8. The Morgan fingerprint density at radius 3 is 1.12 bits per heavy atom. The van der Waals surface area contributed by atoms with Gasteiger partial charge in [-0.25, -0.2) is 29.9 Å². The molecular weight excluding hydrogens is 1620 g/mol. The second-order valence-corrected chi connectivity index (χ2v) is 28.5. The highest BCUT2D eigenvalue weighted by atomic mass is 79.9. The first kappa shape index (κ1) is 80.2. The first-order chi connectivity index (χ1) is 55.5. The number of amides is 3. The van der Waals surface area contributed by atoms with Gasteiger partial charge in [0.25, 0.3) is 11.8 Å². The number of rotatable bonds is 15. The van der Waals surface area contributed by atoms with E-state index in [0.717, 1.165) is 48.8 Å². The SMILES string of the molecule is C1CCNCC1.NC(=O)c1ccc(Cl)nc1.O=C(NCc1c(-c2ncco2)n(-c2ccccc2)c2cc(Cl)ccc2c1=O)c1ccc(Cl)nc1.O=C(NCc1c(-c2ncco2)n(-c2ccccc2)c2cc(Cl)ccc2c1=O)c1ccc(N2CCCCC2)nc1.O=c1c(CBr)c(-c2ncco2)n(-c2ccccc2)c2cc(Cl)ccc12. The van der Waals surface area contributed by atoms with E-state index >= 15 is 0 Å². The lowest BCUT2D eigenvalue weighted by Gasteiger charge is -2.27. The fourth-order valence-corrected chi connectivity index (χ4v) is 14.4. The molecule has 29 heteroatoms. The van der Waals surface area contributed by atoms with Gasteiger partial charge in [-0.15, -0.1) is 0 Å². The minimum atomic E-state index is -0.496. The molecule has 0 aliphatic carbocycles. The molecule has 9 aromatic heterocycles. The summed E-state index contributed by atoms with van der Waals surface area (Å²) >= 11 is 33.6. The number of oxazole rings is 3. The van der Waals surface area contributed by atoms with Crippen molar-refractivity contribution in [2.75, 3.05) is 31.1 Å². The molecule has 0 unspecified atom stereocenters. The van der Waals surface area contributed by atoms with Crippen LogP contribution in [0.25, 0.3) is 84.5 Å². The molecule has 6 aromatic carbocycles. The number of hydrogen-bond donors (Lipinski definition) is 4. The first-order valence-corrected chi connectivity index (χ1v) is 39.1. The van der Waals surface area contributed by atoms with Gasteiger partial charge in [-0.3, -0.25) is 28.8 Å². The topological polar surface area (TPSA) is 299 Å². The molecule has 0 spiro atoms. The van der Waals surface area contributed by atoms with E-state index in [9.17, 15) is 28.8 Å². The van der Waals surface area contributed by atoms with Gasteiger partial charge in [0, 0.05) is 115 Å². The van der Waals surface area contributed by atoms with E-state index < -0.39 is 11.8 Å². The number of nitrogens with two attached hydrogens (primary N) is 1. The minimum Gasteiger partial charge on any atom is -0.443 e. The summed E-state index contributed by atoms with van der Waals surface area (Å²) in [6, 6.07) is 54.0. The predicted molar refractivity (Wildman–Crippen MR) is 449 cm³/mol. The number of fused-ring (bicyclic) bond motifs is 3. The van der Waals surface area contributed by atoms with Crippen molar-refractivity contribution in [2.24, 2.45) is 5.73 Å². The first-order valence-electron chi connectivity index (χ1n) is 36.1. The van der Waals surface area contributed by atoms with Crippen molar-refractivity contribution in [1.82, 2.24) is 59.6 Å². The quantitative estimate of drug-likeness (QED) is 0.0547. The molecule has 11 heterocycles. The molecule has 17 rings (SSSR count). The predicted octanol–water partition coefficient (Wildman–Crippen LogP) is 17.7. The average Bonchev–Trinajstić information content (AvgIpc) is 1.18. The maximum Gasteiger partial charge on any atom is 0.253 e. The lowest BCUT2D eigenvalue weighted by Crippen LogP contribution is -2.30. The number of carbonyl (C=O) groups excluding carboxylic acids is 3. The summed E-state index contributed by atoms with van der Waals surface area (Å²) in [6.45, 7) is 4.35. The van der Waals surface area contributed by atoms with Gasteiger partial charge in [0.1, 0.15) is 52.0 Å². The molecule has 2 saturated heterocycles. The molecule has 23 nitrogen and oxygen atoms in total. The van der Waals surface area contributed by atoms with Crippen LogP contribution in [0.2, 0.25) is 25.4 Å². The number of anilines is 1. The average molecular weight is 1690 g/mol. The van der Waals surface area contributed by atoms with Gasteiger partial charge in [-0.05, 0) is 173 Å². The number of piperidine rings is 2. The highest BCUT2D eigenvalue weighted by Gasteiger charge is 2.27. The van der Waals surface area contributed by atoms with Crippen LogP contribution in [0.15, 0.2) is 266 Å². The summed E-state index contributed by atoms with van der Waals surface area (Å²) in [7, 11) is 0. The Bertz CT molecular complexity index is 6030. The van der Waals surface area contributed by atoms with E-state index in [-0.39, 0.29) is 52.2 Å². The summed E-state index contributed by atoms with van der Waals surface area (Å²) in [5, 5.41) is 13.0. The van der Waals surface area contributed by atoms with Crippen molar-refractivity contribution in [3.8, 4) is 51.8 Å². The molecule has 576 valence electrons. The molecule has 2 aliphatic heterocycles. The molecule has 15 aromatic rings. The van der Waals surface area contributed by atoms with Crippen molar-refractivity contribution < 1.29 is 27.6 Å². The standard InChI is InChI=1S/C30H26ClN5O3.C25H16Cl2N4O3.C19H12BrClN2O2.C6H5ClN2O.C5H11N/c31-21-10-11-23-25(17-21)36(22-7-3-1-4-8-22)27(30-32-13-16-39-30)24(28(23)37)19-34-29(38)20-9-12-26(33-18-20)35-14-5-2-6-15-35;26-16-7-8-18-20(12-16)31(17-4-2-1-3-5-17)22(25-28-10-11-34-25)19(23(18)32)14-30-24(33)15-6-9-21(27)29-13-15;20-11-15-17(19-22-8-9-25-19)23(13-4-2-1-3-5-13)16-10-12(21)6-7-14(16)18(15)24;7-5-2-1-4(3-9-5)6(8)10;1-2-4-6-5-3-1/h1,3-4,7-13,16-18H,2,5-6,14-15,19H2,(H,34,38);1-13H,14H2,(H,30,33);1-10H,11H2;1-3H,(H2,8,10);6H,1-5H2. The van der Waals surface area contributed by atoms with Crippen LogP contribution in [0, 0.1) is 0 Å². The lowest BCUT2D eigenvalue weighted by molar-refractivity contribution is 0.0942. The Kier molecular flexibility index (Phi) is 26.8. The van der Waals surface area contributed by atoms with E-state index in [1.165, 1.54) is 101 Å². The summed E-state index contributed by atoms with van der Waals surface area (Å²) in [4.78, 5) is 104. The van der Waals surface area contributed by atoms with Crippen molar-refractivity contribution in [3.05, 3.63) is 327 Å². The van der Waals surface area contributed by atoms with E-state index in [2.05, 4.69) is 66.7 Å².